The highest BCUT2D eigenvalue weighted by Crippen LogP contribution is 2.06. The molecular weight excluding hydrogens is 296 g/mol. The van der Waals surface area contributed by atoms with Crippen molar-refractivity contribution in [3.63, 3.8) is 0 Å². The molecule has 0 aliphatic carbocycles. The van der Waals surface area contributed by atoms with Gasteiger partial charge in [0.2, 0.25) is 15.9 Å². The topological polar surface area (TPSA) is 113 Å². The van der Waals surface area contributed by atoms with Gasteiger partial charge in [-0.25, -0.2) is 17.9 Å². The first-order valence-corrected chi connectivity index (χ1v) is 7.79. The summed E-state index contributed by atoms with van der Waals surface area (Å²) in [5, 5.41) is 11.2. The zero-order chi connectivity index (χ0) is 16.0. The van der Waals surface area contributed by atoms with E-state index in [0.29, 0.717) is 0 Å². The largest absolute Gasteiger partial charge is 0.480 e. The molecule has 1 unspecified atom stereocenters. The zero-order valence-corrected chi connectivity index (χ0v) is 12.6. The molecule has 116 valence electrons. The SMILES string of the molecule is CC(C)C(NC(=O)CNS(=O)(=O)c1ccccc1)C(=O)O. The maximum absolute atomic E-state index is 11.9. The normalized spacial score (nSPS) is 12.9. The molecule has 0 saturated carbocycles. The first kappa shape index (κ1) is 17.1. The van der Waals surface area contributed by atoms with Gasteiger partial charge in [0, 0.05) is 0 Å². The van der Waals surface area contributed by atoms with Gasteiger partial charge in [0.05, 0.1) is 11.4 Å². The highest BCUT2D eigenvalue weighted by molar-refractivity contribution is 7.89. The fourth-order valence-corrected chi connectivity index (χ4v) is 2.58. The van der Waals surface area contributed by atoms with Crippen LogP contribution < -0.4 is 10.0 Å². The van der Waals surface area contributed by atoms with Crippen molar-refractivity contribution in [1.82, 2.24) is 10.0 Å². The van der Waals surface area contributed by atoms with Gasteiger partial charge in [-0.05, 0) is 18.1 Å². The lowest BCUT2D eigenvalue weighted by Crippen LogP contribution is -2.47. The molecule has 0 radical (unpaired) electrons. The summed E-state index contributed by atoms with van der Waals surface area (Å²) in [4.78, 5) is 22.6. The molecule has 0 aliphatic heterocycles. The summed E-state index contributed by atoms with van der Waals surface area (Å²) >= 11 is 0. The summed E-state index contributed by atoms with van der Waals surface area (Å²) < 4.78 is 25.9. The van der Waals surface area contributed by atoms with Crippen molar-refractivity contribution < 1.29 is 23.1 Å². The molecule has 8 heteroatoms. The van der Waals surface area contributed by atoms with E-state index in [4.69, 9.17) is 5.11 Å². The lowest BCUT2D eigenvalue weighted by atomic mass is 10.1. The van der Waals surface area contributed by atoms with Crippen LogP contribution >= 0.6 is 0 Å². The summed E-state index contributed by atoms with van der Waals surface area (Å²) in [6.45, 7) is 2.77. The van der Waals surface area contributed by atoms with Crippen LogP contribution in [0.3, 0.4) is 0 Å². The van der Waals surface area contributed by atoms with Crippen LogP contribution in [0.2, 0.25) is 0 Å². The van der Waals surface area contributed by atoms with Crippen molar-refractivity contribution in [1.29, 1.82) is 0 Å². The van der Waals surface area contributed by atoms with Crippen LogP contribution in [-0.2, 0) is 19.6 Å². The number of benzene rings is 1. The molecule has 0 spiro atoms. The standard InChI is InChI=1S/C13H18N2O5S/c1-9(2)12(13(17)18)15-11(16)8-14-21(19,20)10-6-4-3-5-7-10/h3-7,9,12,14H,8H2,1-2H3,(H,15,16)(H,17,18). The van der Waals surface area contributed by atoms with Crippen molar-refractivity contribution in [3.05, 3.63) is 30.3 Å². The molecular formula is C13H18N2O5S. The summed E-state index contributed by atoms with van der Waals surface area (Å²) in [5.41, 5.74) is 0. The Hall–Kier alpha value is -1.93. The smallest absolute Gasteiger partial charge is 0.326 e. The van der Waals surface area contributed by atoms with Crippen molar-refractivity contribution >= 4 is 21.9 Å². The Labute approximate surface area is 123 Å². The van der Waals surface area contributed by atoms with E-state index in [2.05, 4.69) is 10.0 Å². The molecule has 1 aromatic carbocycles. The molecule has 0 aromatic heterocycles. The van der Waals surface area contributed by atoms with Gasteiger partial charge < -0.3 is 10.4 Å². The van der Waals surface area contributed by atoms with Gasteiger partial charge in [-0.15, -0.1) is 0 Å². The number of amides is 1. The van der Waals surface area contributed by atoms with Crippen molar-refractivity contribution in [2.45, 2.75) is 24.8 Å². The van der Waals surface area contributed by atoms with Gasteiger partial charge in [-0.3, -0.25) is 4.79 Å². The van der Waals surface area contributed by atoms with Gasteiger partial charge in [0.15, 0.2) is 0 Å². The van der Waals surface area contributed by atoms with Crippen LogP contribution in [0.15, 0.2) is 35.2 Å². The van der Waals surface area contributed by atoms with Crippen LogP contribution in [0, 0.1) is 5.92 Å². The Balaban J connectivity index is 2.63. The van der Waals surface area contributed by atoms with Crippen LogP contribution in [0.1, 0.15) is 13.8 Å². The molecule has 7 nitrogen and oxygen atoms in total. The first-order chi connectivity index (χ1) is 9.74. The Morgan fingerprint density at radius 3 is 2.24 bits per heavy atom. The third-order valence-corrected chi connectivity index (χ3v) is 4.14. The molecule has 21 heavy (non-hydrogen) atoms. The highest BCUT2D eigenvalue weighted by atomic mass is 32.2. The average molecular weight is 314 g/mol. The Bertz CT molecular complexity index is 598. The quantitative estimate of drug-likeness (QED) is 0.665. The molecule has 0 bridgehead atoms. The number of carbonyl (C=O) groups is 2. The maximum atomic E-state index is 11.9. The van der Waals surface area contributed by atoms with E-state index >= 15 is 0 Å². The molecule has 0 saturated heterocycles. The number of carbonyl (C=O) groups excluding carboxylic acids is 1. The number of hydrogen-bond donors (Lipinski definition) is 3. The Morgan fingerprint density at radius 1 is 1.19 bits per heavy atom. The van der Waals surface area contributed by atoms with E-state index in [9.17, 15) is 18.0 Å². The fraction of sp³-hybridized carbons (Fsp3) is 0.385. The van der Waals surface area contributed by atoms with E-state index in [0.717, 1.165) is 0 Å². The van der Waals surface area contributed by atoms with E-state index in [1.54, 1.807) is 32.0 Å². The number of carboxylic acid groups (broad SMARTS) is 1. The molecule has 1 rings (SSSR count). The van der Waals surface area contributed by atoms with Crippen LogP contribution in [0.25, 0.3) is 0 Å². The minimum absolute atomic E-state index is 0.0384. The van der Waals surface area contributed by atoms with Gasteiger partial charge in [0.1, 0.15) is 6.04 Å². The minimum Gasteiger partial charge on any atom is -0.480 e. The average Bonchev–Trinajstić information content (AvgIpc) is 2.43. The van der Waals surface area contributed by atoms with Gasteiger partial charge in [0.25, 0.3) is 0 Å². The number of rotatable bonds is 7. The van der Waals surface area contributed by atoms with Gasteiger partial charge >= 0.3 is 5.97 Å². The number of sulfonamides is 1. The van der Waals surface area contributed by atoms with E-state index in [1.165, 1.54) is 12.1 Å². The molecule has 0 heterocycles. The maximum Gasteiger partial charge on any atom is 0.326 e. The summed E-state index contributed by atoms with van der Waals surface area (Å²) in [6.07, 6.45) is 0. The summed E-state index contributed by atoms with van der Waals surface area (Å²) in [5.74, 6) is -2.17. The minimum atomic E-state index is -3.79. The third kappa shape index (κ3) is 5.16. The molecule has 1 atom stereocenters. The second-order valence-electron chi connectivity index (χ2n) is 4.77. The predicted molar refractivity (Wildman–Crippen MR) is 76.0 cm³/mol. The van der Waals surface area contributed by atoms with Crippen LogP contribution in [0.4, 0.5) is 0 Å². The van der Waals surface area contributed by atoms with Crippen molar-refractivity contribution in [2.24, 2.45) is 5.92 Å². The summed E-state index contributed by atoms with van der Waals surface area (Å²) in [6, 6.07) is 6.54. The number of nitrogens with one attached hydrogen (secondary N) is 2. The van der Waals surface area contributed by atoms with E-state index in [1.807, 2.05) is 0 Å². The second-order valence-corrected chi connectivity index (χ2v) is 6.53. The molecule has 1 amide bonds. The monoisotopic (exact) mass is 314 g/mol. The number of aliphatic carboxylic acids is 1. The fourth-order valence-electron chi connectivity index (χ4n) is 1.58. The zero-order valence-electron chi connectivity index (χ0n) is 11.7. The van der Waals surface area contributed by atoms with E-state index in [-0.39, 0.29) is 10.8 Å². The molecule has 3 N–H and O–H groups in total. The molecule has 0 aliphatic rings. The second kappa shape index (κ2) is 7.19. The lowest BCUT2D eigenvalue weighted by molar-refractivity contribution is -0.142. The first-order valence-electron chi connectivity index (χ1n) is 6.31. The number of hydrogen-bond acceptors (Lipinski definition) is 4. The van der Waals surface area contributed by atoms with Crippen LogP contribution in [0.5, 0.6) is 0 Å². The Morgan fingerprint density at radius 2 is 1.76 bits per heavy atom. The summed E-state index contributed by atoms with van der Waals surface area (Å²) in [7, 11) is -3.79. The van der Waals surface area contributed by atoms with Gasteiger partial charge in [-0.1, -0.05) is 32.0 Å². The van der Waals surface area contributed by atoms with E-state index < -0.39 is 34.5 Å². The highest BCUT2D eigenvalue weighted by Gasteiger charge is 2.24. The van der Waals surface area contributed by atoms with Crippen molar-refractivity contribution in [3.8, 4) is 0 Å². The Kier molecular flexibility index (Phi) is 5.86. The number of carboxylic acids is 1. The van der Waals surface area contributed by atoms with Crippen molar-refractivity contribution in [2.75, 3.05) is 6.54 Å². The molecule has 1 aromatic rings. The van der Waals surface area contributed by atoms with Gasteiger partial charge in [-0.2, -0.15) is 0 Å². The lowest BCUT2D eigenvalue weighted by Gasteiger charge is -2.18. The van der Waals surface area contributed by atoms with Crippen LogP contribution in [-0.4, -0.2) is 38.0 Å². The predicted octanol–water partition coefficient (Wildman–Crippen LogP) is 0.190. The molecule has 0 fully saturated rings. The third-order valence-electron chi connectivity index (χ3n) is 2.73.